The molecule has 0 radical (unpaired) electrons. The van der Waals surface area contributed by atoms with Gasteiger partial charge in [-0.15, -0.1) is 11.3 Å². The van der Waals surface area contributed by atoms with Crippen molar-refractivity contribution in [1.29, 1.82) is 0 Å². The first-order valence-electron chi connectivity index (χ1n) is 9.29. The molecule has 0 spiro atoms. The maximum absolute atomic E-state index is 13.0. The van der Waals surface area contributed by atoms with Crippen LogP contribution in [0.1, 0.15) is 28.8 Å². The molecule has 2 N–H and O–H groups in total. The van der Waals surface area contributed by atoms with Gasteiger partial charge in [-0.1, -0.05) is 67.6 Å². The van der Waals surface area contributed by atoms with E-state index in [1.54, 1.807) is 19.1 Å². The lowest BCUT2D eigenvalue weighted by Crippen LogP contribution is -2.45. The van der Waals surface area contributed by atoms with Gasteiger partial charge in [-0.3, -0.25) is 4.79 Å². The third kappa shape index (κ3) is 3.61. The summed E-state index contributed by atoms with van der Waals surface area (Å²) in [5.74, 6) is -1.90. The number of carboxylic acid groups (broad SMARTS) is 1. The van der Waals surface area contributed by atoms with Crippen molar-refractivity contribution in [2.24, 2.45) is 5.92 Å². The number of nitrogens with one attached hydrogen (secondary N) is 1. The summed E-state index contributed by atoms with van der Waals surface area (Å²) in [5, 5.41) is 9.89. The van der Waals surface area contributed by atoms with Crippen molar-refractivity contribution < 1.29 is 18.3 Å². The van der Waals surface area contributed by atoms with Gasteiger partial charge in [-0.05, 0) is 29.2 Å². The number of rotatable bonds is 7. The van der Waals surface area contributed by atoms with Crippen LogP contribution in [0.15, 0.2) is 77.0 Å². The van der Waals surface area contributed by atoms with E-state index in [1.807, 2.05) is 60.7 Å². The Morgan fingerprint density at radius 3 is 2.28 bits per heavy atom. The van der Waals surface area contributed by atoms with Crippen LogP contribution in [0.3, 0.4) is 0 Å². The van der Waals surface area contributed by atoms with Crippen LogP contribution in [-0.4, -0.2) is 25.0 Å². The molecule has 3 atom stereocenters. The molecule has 5 nitrogen and oxygen atoms in total. The third-order valence-electron chi connectivity index (χ3n) is 5.54. The number of hydrogen-bond acceptors (Lipinski definition) is 4. The van der Waals surface area contributed by atoms with Crippen molar-refractivity contribution >= 4 is 27.3 Å². The van der Waals surface area contributed by atoms with Gasteiger partial charge in [0.25, 0.3) is 10.0 Å². The van der Waals surface area contributed by atoms with Gasteiger partial charge in [-0.2, -0.15) is 4.72 Å². The van der Waals surface area contributed by atoms with Gasteiger partial charge in [0.15, 0.2) is 0 Å². The molecule has 29 heavy (non-hydrogen) atoms. The molecule has 3 aromatic rings. The first kappa shape index (κ1) is 19.8. The molecule has 0 unspecified atom stereocenters. The van der Waals surface area contributed by atoms with Crippen molar-refractivity contribution in [2.45, 2.75) is 29.0 Å². The van der Waals surface area contributed by atoms with Crippen LogP contribution < -0.4 is 4.72 Å². The second-order valence-corrected chi connectivity index (χ2v) is 10.4. The van der Waals surface area contributed by atoms with Gasteiger partial charge in [0.05, 0.1) is 0 Å². The van der Waals surface area contributed by atoms with Crippen LogP contribution in [0.2, 0.25) is 0 Å². The predicted octanol–water partition coefficient (Wildman–Crippen LogP) is 3.87. The summed E-state index contributed by atoms with van der Waals surface area (Å²) in [6, 6.07) is 22.3. The Bertz CT molecular complexity index is 1130. The standard InChI is InChI=1S/C22H21NO4S2/c1-15-20(17-10-6-3-7-11-17)22(15,21(24)25)23-29(26,27)19-13-12-18(28-19)14-16-8-4-2-5-9-16/h2-13,15,20,23H,14H2,1H3,(H,24,25)/t15-,20-,22+/m0/s1. The monoisotopic (exact) mass is 427 g/mol. The number of carboxylic acids is 1. The average Bonchev–Trinajstić information content (AvgIpc) is 3.04. The zero-order valence-corrected chi connectivity index (χ0v) is 17.4. The Hall–Kier alpha value is -2.48. The highest BCUT2D eigenvalue weighted by atomic mass is 32.2. The molecule has 0 bridgehead atoms. The number of thiophene rings is 1. The second kappa shape index (κ2) is 7.40. The minimum atomic E-state index is -3.96. The van der Waals surface area contributed by atoms with Crippen molar-refractivity contribution in [3.8, 4) is 0 Å². The van der Waals surface area contributed by atoms with Gasteiger partial charge in [-0.25, -0.2) is 8.42 Å². The van der Waals surface area contributed by atoms with Gasteiger partial charge < -0.3 is 5.11 Å². The van der Waals surface area contributed by atoms with Crippen molar-refractivity contribution in [2.75, 3.05) is 0 Å². The fourth-order valence-electron chi connectivity index (χ4n) is 3.97. The molecule has 1 aliphatic carbocycles. The Morgan fingerprint density at radius 1 is 1.03 bits per heavy atom. The zero-order chi connectivity index (χ0) is 20.6. The summed E-state index contributed by atoms with van der Waals surface area (Å²) in [6.45, 7) is 1.77. The lowest BCUT2D eigenvalue weighted by atomic mass is 10.1. The normalized spacial score (nSPS) is 23.6. The summed E-state index contributed by atoms with van der Waals surface area (Å²) in [4.78, 5) is 13.0. The van der Waals surface area contributed by atoms with Gasteiger partial charge in [0.1, 0.15) is 9.75 Å². The van der Waals surface area contributed by atoms with E-state index in [0.29, 0.717) is 6.42 Å². The molecule has 7 heteroatoms. The van der Waals surface area contributed by atoms with E-state index in [0.717, 1.165) is 16.0 Å². The Morgan fingerprint density at radius 2 is 1.66 bits per heavy atom. The van der Waals surface area contributed by atoms with E-state index in [9.17, 15) is 18.3 Å². The number of carbonyl (C=O) groups is 1. The number of aliphatic carboxylic acids is 1. The lowest BCUT2D eigenvalue weighted by Gasteiger charge is -2.15. The predicted molar refractivity (Wildman–Crippen MR) is 113 cm³/mol. The largest absolute Gasteiger partial charge is 0.480 e. The first-order chi connectivity index (χ1) is 13.8. The van der Waals surface area contributed by atoms with E-state index >= 15 is 0 Å². The maximum Gasteiger partial charge on any atom is 0.325 e. The van der Waals surface area contributed by atoms with E-state index in [-0.39, 0.29) is 10.1 Å². The molecule has 2 aromatic carbocycles. The van der Waals surface area contributed by atoms with Gasteiger partial charge in [0, 0.05) is 17.2 Å². The topological polar surface area (TPSA) is 83.5 Å². The average molecular weight is 428 g/mol. The van der Waals surface area contributed by atoms with Crippen LogP contribution in [0.25, 0.3) is 0 Å². The summed E-state index contributed by atoms with van der Waals surface area (Å²) in [7, 11) is -3.96. The summed E-state index contributed by atoms with van der Waals surface area (Å²) in [6.07, 6.45) is 0.633. The fourth-order valence-corrected chi connectivity index (χ4v) is 6.82. The molecule has 1 aliphatic rings. The fraction of sp³-hybridized carbons (Fsp3) is 0.227. The van der Waals surface area contributed by atoms with Gasteiger partial charge >= 0.3 is 5.97 Å². The van der Waals surface area contributed by atoms with Crippen molar-refractivity contribution in [3.63, 3.8) is 0 Å². The molecule has 150 valence electrons. The van der Waals surface area contributed by atoms with E-state index < -0.39 is 27.4 Å². The SMILES string of the molecule is C[C@H]1[C@@H](c2ccccc2)[C@@]1(NS(=O)(=O)c1ccc(Cc2ccccc2)s1)C(=O)O. The van der Waals surface area contributed by atoms with E-state index in [2.05, 4.69) is 4.72 Å². The number of benzene rings is 2. The third-order valence-corrected chi connectivity index (χ3v) is 8.60. The highest BCUT2D eigenvalue weighted by Crippen LogP contribution is 2.58. The van der Waals surface area contributed by atoms with Crippen LogP contribution in [-0.2, 0) is 21.2 Å². The van der Waals surface area contributed by atoms with Crippen molar-refractivity contribution in [3.05, 3.63) is 88.8 Å². The minimum Gasteiger partial charge on any atom is -0.480 e. The van der Waals surface area contributed by atoms with Crippen LogP contribution >= 0.6 is 11.3 Å². The molecule has 1 fully saturated rings. The van der Waals surface area contributed by atoms with Crippen molar-refractivity contribution in [1.82, 2.24) is 4.72 Å². The Balaban J connectivity index is 1.58. The summed E-state index contributed by atoms with van der Waals surface area (Å²) < 4.78 is 28.7. The number of hydrogen-bond donors (Lipinski definition) is 2. The second-order valence-electron chi connectivity index (χ2n) is 7.34. The Labute approximate surface area is 174 Å². The maximum atomic E-state index is 13.0. The summed E-state index contributed by atoms with van der Waals surface area (Å²) >= 11 is 1.17. The molecule has 4 rings (SSSR count). The van der Waals surface area contributed by atoms with E-state index in [1.165, 1.54) is 11.3 Å². The van der Waals surface area contributed by atoms with Crippen LogP contribution in [0.5, 0.6) is 0 Å². The smallest absolute Gasteiger partial charge is 0.325 e. The lowest BCUT2D eigenvalue weighted by molar-refractivity contribution is -0.140. The zero-order valence-electron chi connectivity index (χ0n) is 15.8. The highest BCUT2D eigenvalue weighted by Gasteiger charge is 2.70. The Kier molecular flexibility index (Phi) is 5.06. The quantitative estimate of drug-likeness (QED) is 0.600. The minimum absolute atomic E-state index is 0.134. The van der Waals surface area contributed by atoms with Crippen LogP contribution in [0, 0.1) is 5.92 Å². The molecule has 0 aliphatic heterocycles. The molecule has 1 aromatic heterocycles. The first-order valence-corrected chi connectivity index (χ1v) is 11.6. The molecular weight excluding hydrogens is 406 g/mol. The van der Waals surface area contributed by atoms with Crippen LogP contribution in [0.4, 0.5) is 0 Å². The molecule has 1 heterocycles. The highest BCUT2D eigenvalue weighted by molar-refractivity contribution is 7.91. The molecule has 0 amide bonds. The molecule has 1 saturated carbocycles. The summed E-state index contributed by atoms with van der Waals surface area (Å²) in [5.41, 5.74) is 0.387. The number of sulfonamides is 1. The van der Waals surface area contributed by atoms with Gasteiger partial charge in [0.2, 0.25) is 0 Å². The molecular formula is C22H21NO4S2. The molecule has 0 saturated heterocycles. The van der Waals surface area contributed by atoms with E-state index in [4.69, 9.17) is 0 Å².